The third kappa shape index (κ3) is 3.20. The Labute approximate surface area is 108 Å². The van der Waals surface area contributed by atoms with Crippen molar-refractivity contribution < 1.29 is 4.74 Å². The van der Waals surface area contributed by atoms with Crippen LogP contribution < -0.4 is 4.74 Å². The maximum absolute atomic E-state index is 7.52. The van der Waals surface area contributed by atoms with Gasteiger partial charge >= 0.3 is 0 Å². The Morgan fingerprint density at radius 3 is 2.17 bits per heavy atom. The summed E-state index contributed by atoms with van der Waals surface area (Å²) in [6, 6.07) is 15.9. The number of hydrogen-bond donors (Lipinski definition) is 1. The number of nitrogens with one attached hydrogen (secondary N) is 1. The van der Waals surface area contributed by atoms with E-state index in [1.807, 2.05) is 24.3 Å². The predicted octanol–water partition coefficient (Wildman–Crippen LogP) is 3.96. The van der Waals surface area contributed by atoms with Crippen LogP contribution in [0.4, 0.5) is 0 Å². The first-order valence-electron chi connectivity index (χ1n) is 5.99. The van der Waals surface area contributed by atoms with Crippen LogP contribution in [0.1, 0.15) is 23.6 Å². The van der Waals surface area contributed by atoms with Gasteiger partial charge in [-0.2, -0.15) is 0 Å². The molecule has 0 spiro atoms. The highest BCUT2D eigenvalue weighted by molar-refractivity contribution is 5.96. The molecule has 2 rings (SSSR count). The number of benzene rings is 2. The molecule has 1 N–H and O–H groups in total. The highest BCUT2D eigenvalue weighted by Crippen LogP contribution is 2.14. The molecule has 2 nitrogen and oxygen atoms in total. The second-order valence-corrected chi connectivity index (χ2v) is 4.42. The van der Waals surface area contributed by atoms with Crippen LogP contribution in [0.25, 0.3) is 0 Å². The van der Waals surface area contributed by atoms with Crippen molar-refractivity contribution in [3.63, 3.8) is 0 Å². The second-order valence-electron chi connectivity index (χ2n) is 4.42. The lowest BCUT2D eigenvalue weighted by molar-refractivity contribution is 0.306. The number of hydrogen-bond acceptors (Lipinski definition) is 2. The first-order chi connectivity index (χ1) is 8.65. The van der Waals surface area contributed by atoms with Crippen LogP contribution in [0.15, 0.2) is 48.5 Å². The van der Waals surface area contributed by atoms with Crippen LogP contribution in [0.5, 0.6) is 5.75 Å². The molecule has 0 aliphatic carbocycles. The molecule has 0 saturated carbocycles. The van der Waals surface area contributed by atoms with Gasteiger partial charge in [0, 0.05) is 5.71 Å². The van der Waals surface area contributed by atoms with Crippen molar-refractivity contribution in [3.05, 3.63) is 65.2 Å². The molecule has 0 amide bonds. The molecular weight excluding hydrogens is 222 g/mol. The zero-order chi connectivity index (χ0) is 13.0. The highest BCUT2D eigenvalue weighted by Gasteiger charge is 1.98. The maximum atomic E-state index is 7.52. The standard InChI is InChI=1S/C16H17NO/c1-12-3-5-14(6-4-12)11-18-16-9-7-15(8-10-16)13(2)17/h3-10,17H,11H2,1-2H3. The van der Waals surface area contributed by atoms with E-state index < -0.39 is 0 Å². The van der Waals surface area contributed by atoms with Crippen molar-refractivity contribution in [1.82, 2.24) is 0 Å². The van der Waals surface area contributed by atoms with Crippen LogP contribution in [0.2, 0.25) is 0 Å². The van der Waals surface area contributed by atoms with Crippen LogP contribution in [0, 0.1) is 12.3 Å². The summed E-state index contributed by atoms with van der Waals surface area (Å²) in [5, 5.41) is 7.52. The largest absolute Gasteiger partial charge is 0.489 e. The molecule has 0 fully saturated rings. The lowest BCUT2D eigenvalue weighted by Crippen LogP contribution is -1.96. The van der Waals surface area contributed by atoms with E-state index in [0.717, 1.165) is 16.9 Å². The molecular formula is C16H17NO. The molecule has 0 saturated heterocycles. The zero-order valence-corrected chi connectivity index (χ0v) is 10.7. The SMILES string of the molecule is CC(=N)c1ccc(OCc2ccc(C)cc2)cc1. The zero-order valence-electron chi connectivity index (χ0n) is 10.7. The first-order valence-corrected chi connectivity index (χ1v) is 5.99. The molecule has 0 atom stereocenters. The van der Waals surface area contributed by atoms with Gasteiger partial charge in [-0.3, -0.25) is 0 Å². The minimum Gasteiger partial charge on any atom is -0.489 e. The molecule has 0 aliphatic heterocycles. The number of rotatable bonds is 4. The summed E-state index contributed by atoms with van der Waals surface area (Å²) in [5.74, 6) is 0.834. The average Bonchev–Trinajstić information content (AvgIpc) is 2.38. The monoisotopic (exact) mass is 239 g/mol. The molecule has 18 heavy (non-hydrogen) atoms. The highest BCUT2D eigenvalue weighted by atomic mass is 16.5. The van der Waals surface area contributed by atoms with Gasteiger partial charge in [-0.15, -0.1) is 0 Å². The smallest absolute Gasteiger partial charge is 0.119 e. The van der Waals surface area contributed by atoms with E-state index in [2.05, 4.69) is 31.2 Å². The maximum Gasteiger partial charge on any atom is 0.119 e. The van der Waals surface area contributed by atoms with E-state index >= 15 is 0 Å². The van der Waals surface area contributed by atoms with Crippen LogP contribution in [-0.4, -0.2) is 5.71 Å². The van der Waals surface area contributed by atoms with Gasteiger partial charge in [0.2, 0.25) is 0 Å². The summed E-state index contributed by atoms with van der Waals surface area (Å²) in [6.07, 6.45) is 0. The van der Waals surface area contributed by atoms with Crippen molar-refractivity contribution in [2.45, 2.75) is 20.5 Å². The normalized spacial score (nSPS) is 10.1. The summed E-state index contributed by atoms with van der Waals surface area (Å²) in [5.41, 5.74) is 3.91. The van der Waals surface area contributed by atoms with E-state index in [1.165, 1.54) is 5.56 Å². The number of ether oxygens (including phenoxy) is 1. The molecule has 0 unspecified atom stereocenters. The molecule has 92 valence electrons. The Bertz CT molecular complexity index is 526. The lowest BCUT2D eigenvalue weighted by Gasteiger charge is -2.07. The fourth-order valence-electron chi connectivity index (χ4n) is 1.65. The molecule has 0 heterocycles. The van der Waals surface area contributed by atoms with Crippen molar-refractivity contribution in [3.8, 4) is 5.75 Å². The second kappa shape index (κ2) is 5.50. The van der Waals surface area contributed by atoms with Gasteiger partial charge in [-0.25, -0.2) is 0 Å². The summed E-state index contributed by atoms with van der Waals surface area (Å²) < 4.78 is 5.70. The van der Waals surface area contributed by atoms with E-state index in [1.54, 1.807) is 6.92 Å². The van der Waals surface area contributed by atoms with Gasteiger partial charge in [-0.05, 0) is 49.2 Å². The molecule has 2 aromatic carbocycles. The van der Waals surface area contributed by atoms with E-state index in [9.17, 15) is 0 Å². The molecule has 0 radical (unpaired) electrons. The van der Waals surface area contributed by atoms with E-state index in [4.69, 9.17) is 10.1 Å². The van der Waals surface area contributed by atoms with Gasteiger partial charge < -0.3 is 10.1 Å². The van der Waals surface area contributed by atoms with Crippen molar-refractivity contribution in [2.24, 2.45) is 0 Å². The quantitative estimate of drug-likeness (QED) is 0.805. The Kier molecular flexibility index (Phi) is 3.78. The first kappa shape index (κ1) is 12.4. The lowest BCUT2D eigenvalue weighted by atomic mass is 10.1. The third-order valence-corrected chi connectivity index (χ3v) is 2.81. The fourth-order valence-corrected chi connectivity index (χ4v) is 1.65. The van der Waals surface area contributed by atoms with Crippen molar-refractivity contribution in [1.29, 1.82) is 5.41 Å². The summed E-state index contributed by atoms with van der Waals surface area (Å²) in [6.45, 7) is 4.43. The molecule has 2 heteroatoms. The van der Waals surface area contributed by atoms with E-state index in [0.29, 0.717) is 12.3 Å². The Morgan fingerprint density at radius 1 is 1.00 bits per heavy atom. The van der Waals surface area contributed by atoms with Crippen LogP contribution in [0.3, 0.4) is 0 Å². The minimum absolute atomic E-state index is 0.570. The summed E-state index contributed by atoms with van der Waals surface area (Å²) in [7, 11) is 0. The fraction of sp³-hybridized carbons (Fsp3) is 0.188. The summed E-state index contributed by atoms with van der Waals surface area (Å²) in [4.78, 5) is 0. The predicted molar refractivity (Wildman–Crippen MR) is 74.5 cm³/mol. The van der Waals surface area contributed by atoms with Gasteiger partial charge in [0.1, 0.15) is 12.4 Å². The Morgan fingerprint density at radius 2 is 1.61 bits per heavy atom. The minimum atomic E-state index is 0.570. The van der Waals surface area contributed by atoms with E-state index in [-0.39, 0.29) is 0 Å². The van der Waals surface area contributed by atoms with Crippen molar-refractivity contribution in [2.75, 3.05) is 0 Å². The third-order valence-electron chi connectivity index (χ3n) is 2.81. The van der Waals surface area contributed by atoms with Crippen molar-refractivity contribution >= 4 is 5.71 Å². The van der Waals surface area contributed by atoms with Gasteiger partial charge in [0.15, 0.2) is 0 Å². The van der Waals surface area contributed by atoms with Crippen LogP contribution in [-0.2, 0) is 6.61 Å². The Balaban J connectivity index is 1.97. The molecule has 0 aliphatic rings. The van der Waals surface area contributed by atoms with Crippen LogP contribution >= 0.6 is 0 Å². The molecule has 0 aromatic heterocycles. The molecule has 0 bridgehead atoms. The average molecular weight is 239 g/mol. The van der Waals surface area contributed by atoms with Gasteiger partial charge in [0.25, 0.3) is 0 Å². The van der Waals surface area contributed by atoms with Gasteiger partial charge in [0.05, 0.1) is 0 Å². The Hall–Kier alpha value is -2.09. The molecule has 2 aromatic rings. The van der Waals surface area contributed by atoms with Gasteiger partial charge in [-0.1, -0.05) is 29.8 Å². The summed E-state index contributed by atoms with van der Waals surface area (Å²) >= 11 is 0. The number of aryl methyl sites for hydroxylation is 1. The topological polar surface area (TPSA) is 33.1 Å².